The average Bonchev–Trinajstić information content (AvgIpc) is 2.29. The molecule has 0 saturated carbocycles. The predicted octanol–water partition coefficient (Wildman–Crippen LogP) is 2.80. The highest BCUT2D eigenvalue weighted by Crippen LogP contribution is 2.14. The number of hydrogen-bond donors (Lipinski definition) is 1. The fourth-order valence-electron chi connectivity index (χ4n) is 1.43. The summed E-state index contributed by atoms with van der Waals surface area (Å²) in [6.07, 6.45) is 0.747. The van der Waals surface area contributed by atoms with Crippen LogP contribution in [0.15, 0.2) is 28.6 Å². The molecule has 0 radical (unpaired) electrons. The van der Waals surface area contributed by atoms with Crippen molar-refractivity contribution in [2.24, 2.45) is 4.36 Å². The molecular formula is C12H16ClNO3S. The fourth-order valence-corrected chi connectivity index (χ4v) is 3.46. The number of aliphatic carboxylic acids is 1. The number of halogens is 1. The van der Waals surface area contributed by atoms with Crippen LogP contribution >= 0.6 is 11.6 Å². The number of nitrogens with zero attached hydrogens (tertiary/aromatic N) is 1. The first-order chi connectivity index (χ1) is 8.45. The Labute approximate surface area is 112 Å². The van der Waals surface area contributed by atoms with Gasteiger partial charge >= 0.3 is 5.97 Å². The molecule has 1 aromatic rings. The van der Waals surface area contributed by atoms with Gasteiger partial charge in [-0.25, -0.2) is 8.57 Å². The normalized spacial score (nSPS) is 13.9. The quantitative estimate of drug-likeness (QED) is 0.875. The molecule has 0 aliphatic rings. The van der Waals surface area contributed by atoms with E-state index in [1.807, 2.05) is 6.92 Å². The van der Waals surface area contributed by atoms with Gasteiger partial charge in [0.25, 0.3) is 0 Å². The van der Waals surface area contributed by atoms with E-state index in [0.717, 1.165) is 12.0 Å². The molecule has 0 fully saturated rings. The summed E-state index contributed by atoms with van der Waals surface area (Å²) in [4.78, 5) is 10.8. The largest absolute Gasteiger partial charge is 0.481 e. The zero-order valence-corrected chi connectivity index (χ0v) is 11.7. The number of carbonyl (C=O) groups is 1. The van der Waals surface area contributed by atoms with Crippen molar-refractivity contribution in [3.05, 3.63) is 34.9 Å². The predicted molar refractivity (Wildman–Crippen MR) is 73.4 cm³/mol. The van der Waals surface area contributed by atoms with E-state index in [4.69, 9.17) is 16.7 Å². The van der Waals surface area contributed by atoms with Crippen molar-refractivity contribution in [1.82, 2.24) is 0 Å². The monoisotopic (exact) mass is 289 g/mol. The van der Waals surface area contributed by atoms with Crippen LogP contribution in [-0.2, 0) is 20.3 Å². The summed E-state index contributed by atoms with van der Waals surface area (Å²) in [7, 11) is -2.73. The molecule has 18 heavy (non-hydrogen) atoms. The SMILES string of the molecule is CCCN=S(=O)(CC(=O)O)Cc1ccc(Cl)cc1. The van der Waals surface area contributed by atoms with Crippen LogP contribution in [0.4, 0.5) is 0 Å². The molecule has 1 unspecified atom stereocenters. The van der Waals surface area contributed by atoms with Crippen molar-refractivity contribution in [2.45, 2.75) is 19.1 Å². The van der Waals surface area contributed by atoms with Crippen LogP contribution in [0.1, 0.15) is 18.9 Å². The smallest absolute Gasteiger partial charge is 0.317 e. The maximum atomic E-state index is 12.4. The lowest BCUT2D eigenvalue weighted by molar-refractivity contribution is -0.134. The van der Waals surface area contributed by atoms with E-state index < -0.39 is 21.5 Å². The van der Waals surface area contributed by atoms with E-state index in [1.165, 1.54) is 0 Å². The molecule has 0 aliphatic heterocycles. The highest BCUT2D eigenvalue weighted by atomic mass is 35.5. The Morgan fingerprint density at radius 3 is 2.50 bits per heavy atom. The number of carboxylic acids is 1. The lowest BCUT2D eigenvalue weighted by atomic mass is 10.2. The summed E-state index contributed by atoms with van der Waals surface area (Å²) in [5.41, 5.74) is 0.783. The van der Waals surface area contributed by atoms with E-state index in [-0.39, 0.29) is 5.75 Å². The number of benzene rings is 1. The van der Waals surface area contributed by atoms with Crippen molar-refractivity contribution < 1.29 is 14.1 Å². The summed E-state index contributed by atoms with van der Waals surface area (Å²) in [5.74, 6) is -1.36. The van der Waals surface area contributed by atoms with Crippen molar-refractivity contribution >= 4 is 27.3 Å². The summed E-state index contributed by atoms with van der Waals surface area (Å²) in [6, 6.07) is 6.87. The van der Waals surface area contributed by atoms with Crippen LogP contribution in [0.25, 0.3) is 0 Å². The Morgan fingerprint density at radius 2 is 2.00 bits per heavy atom. The molecule has 0 aliphatic carbocycles. The standard InChI is InChI=1S/C12H16ClNO3S/c1-2-7-14-18(17,9-12(15)16)8-10-3-5-11(13)6-4-10/h3-6H,2,7-9H2,1H3,(H,15,16). The van der Waals surface area contributed by atoms with Crippen molar-refractivity contribution in [3.63, 3.8) is 0 Å². The van der Waals surface area contributed by atoms with Crippen molar-refractivity contribution in [3.8, 4) is 0 Å². The second-order valence-electron chi connectivity index (χ2n) is 3.93. The minimum absolute atomic E-state index is 0.149. The van der Waals surface area contributed by atoms with Crippen LogP contribution in [-0.4, -0.2) is 27.6 Å². The molecule has 100 valence electrons. The molecule has 0 heterocycles. The Bertz CT molecular complexity index is 519. The van der Waals surface area contributed by atoms with Crippen LogP contribution in [0.5, 0.6) is 0 Å². The number of hydrogen-bond acceptors (Lipinski definition) is 3. The number of carboxylic acid groups (broad SMARTS) is 1. The van der Waals surface area contributed by atoms with Gasteiger partial charge in [0.2, 0.25) is 0 Å². The van der Waals surface area contributed by atoms with Gasteiger partial charge in [-0.15, -0.1) is 0 Å². The molecule has 4 nitrogen and oxygen atoms in total. The second kappa shape index (κ2) is 6.75. The van der Waals surface area contributed by atoms with Gasteiger partial charge in [-0.05, 0) is 24.1 Å². The average molecular weight is 290 g/mol. The third kappa shape index (κ3) is 5.06. The van der Waals surface area contributed by atoms with Crippen LogP contribution in [0, 0.1) is 0 Å². The van der Waals surface area contributed by atoms with E-state index in [2.05, 4.69) is 4.36 Å². The molecular weight excluding hydrogens is 274 g/mol. The second-order valence-corrected chi connectivity index (χ2v) is 6.75. The summed E-state index contributed by atoms with van der Waals surface area (Å²) >= 11 is 5.76. The maximum absolute atomic E-state index is 12.4. The van der Waals surface area contributed by atoms with Crippen molar-refractivity contribution in [1.29, 1.82) is 0 Å². The van der Waals surface area contributed by atoms with Gasteiger partial charge in [0.1, 0.15) is 5.75 Å². The topological polar surface area (TPSA) is 66.7 Å². The first-order valence-corrected chi connectivity index (χ1v) is 7.83. The van der Waals surface area contributed by atoms with Gasteiger partial charge in [0.05, 0.1) is 15.5 Å². The summed E-state index contributed by atoms with van der Waals surface area (Å²) in [5, 5.41) is 9.40. The van der Waals surface area contributed by atoms with Crippen molar-refractivity contribution in [2.75, 3.05) is 12.3 Å². The molecule has 6 heteroatoms. The van der Waals surface area contributed by atoms with Gasteiger partial charge < -0.3 is 5.11 Å². The Hall–Kier alpha value is -1.07. The molecule has 1 atom stereocenters. The molecule has 0 bridgehead atoms. The van der Waals surface area contributed by atoms with Gasteiger partial charge in [0, 0.05) is 11.6 Å². The highest BCUT2D eigenvalue weighted by molar-refractivity contribution is 7.93. The summed E-state index contributed by atoms with van der Waals surface area (Å²) in [6.45, 7) is 2.33. The molecule has 0 spiro atoms. The van der Waals surface area contributed by atoms with Crippen LogP contribution in [0.3, 0.4) is 0 Å². The minimum Gasteiger partial charge on any atom is -0.481 e. The molecule has 1 N–H and O–H groups in total. The number of rotatable bonds is 6. The van der Waals surface area contributed by atoms with Crippen LogP contribution in [0.2, 0.25) is 5.02 Å². The summed E-state index contributed by atoms with van der Waals surface area (Å²) < 4.78 is 16.5. The Kier molecular flexibility index (Phi) is 5.62. The minimum atomic E-state index is -2.73. The van der Waals surface area contributed by atoms with Gasteiger partial charge in [-0.2, -0.15) is 0 Å². The zero-order chi connectivity index (χ0) is 13.6. The van der Waals surface area contributed by atoms with E-state index >= 15 is 0 Å². The van der Waals surface area contributed by atoms with Crippen LogP contribution < -0.4 is 0 Å². The van der Waals surface area contributed by atoms with Gasteiger partial charge in [0.15, 0.2) is 0 Å². The van der Waals surface area contributed by atoms with E-state index in [9.17, 15) is 9.00 Å². The third-order valence-corrected chi connectivity index (χ3v) is 4.59. The molecule has 0 amide bonds. The molecule has 1 aromatic carbocycles. The first kappa shape index (κ1) is 15.0. The zero-order valence-electron chi connectivity index (χ0n) is 10.1. The first-order valence-electron chi connectivity index (χ1n) is 5.60. The molecule has 0 aromatic heterocycles. The third-order valence-electron chi connectivity index (χ3n) is 2.20. The lowest BCUT2D eigenvalue weighted by Crippen LogP contribution is -2.17. The molecule has 1 rings (SSSR count). The van der Waals surface area contributed by atoms with Gasteiger partial charge in [-0.3, -0.25) is 4.79 Å². The van der Waals surface area contributed by atoms with E-state index in [1.54, 1.807) is 24.3 Å². The Morgan fingerprint density at radius 1 is 1.39 bits per heavy atom. The van der Waals surface area contributed by atoms with Gasteiger partial charge in [-0.1, -0.05) is 30.7 Å². The Balaban J connectivity index is 2.95. The highest BCUT2D eigenvalue weighted by Gasteiger charge is 2.15. The lowest BCUT2D eigenvalue weighted by Gasteiger charge is -2.08. The maximum Gasteiger partial charge on any atom is 0.317 e. The molecule has 0 saturated heterocycles. The van der Waals surface area contributed by atoms with E-state index in [0.29, 0.717) is 11.6 Å². The fraction of sp³-hybridized carbons (Fsp3) is 0.417.